The van der Waals surface area contributed by atoms with Crippen LogP contribution in [0.4, 0.5) is 0 Å². The minimum atomic E-state index is -0.218. The average molecular weight is 365 g/mol. The first-order valence-electron chi connectivity index (χ1n) is 8.72. The summed E-state index contributed by atoms with van der Waals surface area (Å²) in [5, 5.41) is 7.45. The third-order valence-electron chi connectivity index (χ3n) is 4.06. The fraction of sp³-hybridized carbons (Fsp3) is 0.238. The molecule has 0 aliphatic heterocycles. The Kier molecular flexibility index (Phi) is 5.45. The summed E-state index contributed by atoms with van der Waals surface area (Å²) in [7, 11) is 3.17. The van der Waals surface area contributed by atoms with Crippen LogP contribution in [-0.2, 0) is 0 Å². The van der Waals surface area contributed by atoms with Gasteiger partial charge >= 0.3 is 0 Å². The van der Waals surface area contributed by atoms with Crippen LogP contribution in [0, 0.1) is 0 Å². The Bertz CT molecular complexity index is 933. The van der Waals surface area contributed by atoms with Crippen LogP contribution in [-0.4, -0.2) is 35.9 Å². The molecule has 2 aromatic carbocycles. The Balaban J connectivity index is 2.12. The van der Waals surface area contributed by atoms with E-state index in [0.29, 0.717) is 17.2 Å². The predicted octanol–water partition coefficient (Wildman–Crippen LogP) is 3.69. The normalized spacial score (nSPS) is 10.7. The molecule has 6 nitrogen and oxygen atoms in total. The maximum absolute atomic E-state index is 12.7. The molecule has 3 aromatic rings. The molecule has 0 saturated heterocycles. The number of ether oxygens (including phenoxy) is 2. The summed E-state index contributed by atoms with van der Waals surface area (Å²) in [5.41, 5.74) is 2.78. The van der Waals surface area contributed by atoms with Crippen molar-refractivity contribution in [3.05, 3.63) is 60.4 Å². The second-order valence-corrected chi connectivity index (χ2v) is 6.37. The number of hydrogen-bond donors (Lipinski definition) is 1. The van der Waals surface area contributed by atoms with Crippen LogP contribution in [0.1, 0.15) is 24.3 Å². The zero-order valence-corrected chi connectivity index (χ0v) is 15.9. The minimum absolute atomic E-state index is 0.0117. The van der Waals surface area contributed by atoms with Gasteiger partial charge in [0, 0.05) is 17.8 Å². The molecule has 0 bridgehead atoms. The maximum Gasteiger partial charge on any atom is 0.272 e. The van der Waals surface area contributed by atoms with Crippen LogP contribution in [0.15, 0.2) is 54.7 Å². The van der Waals surface area contributed by atoms with Gasteiger partial charge in [0.05, 0.1) is 19.9 Å². The van der Waals surface area contributed by atoms with Crippen molar-refractivity contribution < 1.29 is 14.3 Å². The van der Waals surface area contributed by atoms with Crippen molar-refractivity contribution in [3.8, 4) is 28.3 Å². The first-order valence-corrected chi connectivity index (χ1v) is 8.72. The smallest absolute Gasteiger partial charge is 0.272 e. The average Bonchev–Trinajstić information content (AvgIpc) is 3.13. The molecule has 0 atom stereocenters. The molecular formula is C21H23N3O3. The third kappa shape index (κ3) is 3.95. The first kappa shape index (κ1) is 18.5. The molecule has 1 amide bonds. The topological polar surface area (TPSA) is 65.4 Å². The van der Waals surface area contributed by atoms with Crippen LogP contribution in [0.5, 0.6) is 11.5 Å². The number of methoxy groups -OCH3 is 2. The molecule has 0 unspecified atom stereocenters. The molecule has 0 aliphatic rings. The highest BCUT2D eigenvalue weighted by Gasteiger charge is 2.20. The van der Waals surface area contributed by atoms with Gasteiger partial charge in [0.1, 0.15) is 0 Å². The molecular weight excluding hydrogens is 342 g/mol. The third-order valence-corrected chi connectivity index (χ3v) is 4.06. The van der Waals surface area contributed by atoms with E-state index in [1.54, 1.807) is 18.9 Å². The highest BCUT2D eigenvalue weighted by Crippen LogP contribution is 2.34. The molecule has 0 fully saturated rings. The van der Waals surface area contributed by atoms with Crippen LogP contribution >= 0.6 is 0 Å². The van der Waals surface area contributed by atoms with Crippen molar-refractivity contribution in [2.75, 3.05) is 14.2 Å². The van der Waals surface area contributed by atoms with E-state index in [0.717, 1.165) is 16.8 Å². The Hall–Kier alpha value is -3.28. The zero-order valence-electron chi connectivity index (χ0n) is 15.9. The lowest BCUT2D eigenvalue weighted by Gasteiger charge is -2.10. The zero-order chi connectivity index (χ0) is 19.4. The summed E-state index contributed by atoms with van der Waals surface area (Å²) >= 11 is 0. The summed E-state index contributed by atoms with van der Waals surface area (Å²) < 4.78 is 12.4. The van der Waals surface area contributed by atoms with Gasteiger partial charge in [-0.05, 0) is 43.7 Å². The number of aromatic nitrogens is 2. The number of amides is 1. The molecule has 0 spiro atoms. The molecule has 0 radical (unpaired) electrons. The largest absolute Gasteiger partial charge is 0.493 e. The summed E-state index contributed by atoms with van der Waals surface area (Å²) in [6, 6.07) is 15.2. The second kappa shape index (κ2) is 7.95. The summed E-state index contributed by atoms with van der Waals surface area (Å²) in [6.45, 7) is 3.84. The molecule has 0 saturated carbocycles. The van der Waals surface area contributed by atoms with Gasteiger partial charge in [-0.25, -0.2) is 4.68 Å². The summed E-state index contributed by atoms with van der Waals surface area (Å²) in [4.78, 5) is 12.7. The number of hydrogen-bond acceptors (Lipinski definition) is 4. The molecule has 3 rings (SSSR count). The van der Waals surface area contributed by atoms with E-state index in [1.165, 1.54) is 0 Å². The van der Waals surface area contributed by atoms with E-state index >= 15 is 0 Å². The number of nitrogens with one attached hydrogen (secondary N) is 1. The van der Waals surface area contributed by atoms with Crippen molar-refractivity contribution in [2.45, 2.75) is 19.9 Å². The van der Waals surface area contributed by atoms with Gasteiger partial charge in [-0.1, -0.05) is 24.3 Å². The molecule has 6 heteroatoms. The van der Waals surface area contributed by atoms with Crippen LogP contribution in [0.2, 0.25) is 0 Å². The molecule has 27 heavy (non-hydrogen) atoms. The van der Waals surface area contributed by atoms with Crippen molar-refractivity contribution in [3.63, 3.8) is 0 Å². The lowest BCUT2D eigenvalue weighted by molar-refractivity contribution is 0.0938. The van der Waals surface area contributed by atoms with Crippen LogP contribution < -0.4 is 14.8 Å². The molecule has 140 valence electrons. The van der Waals surface area contributed by atoms with E-state index in [-0.39, 0.29) is 11.9 Å². The van der Waals surface area contributed by atoms with Crippen molar-refractivity contribution >= 4 is 5.91 Å². The first-order chi connectivity index (χ1) is 13.0. The second-order valence-electron chi connectivity index (χ2n) is 6.37. The van der Waals surface area contributed by atoms with Gasteiger partial charge in [0.15, 0.2) is 17.2 Å². The van der Waals surface area contributed by atoms with E-state index in [2.05, 4.69) is 10.4 Å². The summed E-state index contributed by atoms with van der Waals surface area (Å²) in [5.74, 6) is 1.01. The van der Waals surface area contributed by atoms with Crippen molar-refractivity contribution in [1.29, 1.82) is 0 Å². The molecule has 1 aromatic heterocycles. The van der Waals surface area contributed by atoms with Crippen molar-refractivity contribution in [2.24, 2.45) is 0 Å². The van der Waals surface area contributed by atoms with Crippen molar-refractivity contribution in [1.82, 2.24) is 15.1 Å². The number of nitrogens with zero attached hydrogens (tertiary/aromatic N) is 2. The lowest BCUT2D eigenvalue weighted by Crippen LogP contribution is -2.30. The number of rotatable bonds is 6. The number of carbonyl (C=O) groups is 1. The fourth-order valence-corrected chi connectivity index (χ4v) is 2.80. The van der Waals surface area contributed by atoms with Gasteiger partial charge in [0.25, 0.3) is 5.91 Å². The minimum Gasteiger partial charge on any atom is -0.493 e. The standard InChI is InChI=1S/C21H23N3O3/c1-14(2)22-21(25)20-17(13-24(23-20)16-8-6-5-7-9-16)15-10-11-18(26-3)19(12-15)27-4/h5-14H,1-4H3,(H,22,25). The Labute approximate surface area is 158 Å². The Morgan fingerprint density at radius 1 is 1.04 bits per heavy atom. The maximum atomic E-state index is 12.7. The fourth-order valence-electron chi connectivity index (χ4n) is 2.80. The SMILES string of the molecule is COc1ccc(-c2cn(-c3ccccc3)nc2C(=O)NC(C)C)cc1OC. The van der Waals surface area contributed by atoms with E-state index in [1.807, 2.05) is 68.6 Å². The Morgan fingerprint density at radius 3 is 2.37 bits per heavy atom. The lowest BCUT2D eigenvalue weighted by atomic mass is 10.1. The predicted molar refractivity (Wildman–Crippen MR) is 105 cm³/mol. The number of carbonyl (C=O) groups excluding carboxylic acids is 1. The van der Waals surface area contributed by atoms with Crippen LogP contribution in [0.3, 0.4) is 0 Å². The van der Waals surface area contributed by atoms with Gasteiger partial charge in [-0.2, -0.15) is 5.10 Å². The van der Waals surface area contributed by atoms with Gasteiger partial charge in [-0.15, -0.1) is 0 Å². The van der Waals surface area contributed by atoms with Gasteiger partial charge in [0.2, 0.25) is 0 Å². The molecule has 0 aliphatic carbocycles. The highest BCUT2D eigenvalue weighted by atomic mass is 16.5. The number of benzene rings is 2. The van der Waals surface area contributed by atoms with Gasteiger partial charge < -0.3 is 14.8 Å². The number of para-hydroxylation sites is 1. The Morgan fingerprint density at radius 2 is 1.74 bits per heavy atom. The monoisotopic (exact) mass is 365 g/mol. The summed E-state index contributed by atoms with van der Waals surface area (Å²) in [6.07, 6.45) is 1.85. The van der Waals surface area contributed by atoms with Gasteiger partial charge in [-0.3, -0.25) is 4.79 Å². The van der Waals surface area contributed by atoms with E-state index in [4.69, 9.17) is 9.47 Å². The van der Waals surface area contributed by atoms with Crippen LogP contribution in [0.25, 0.3) is 16.8 Å². The molecule has 1 N–H and O–H groups in total. The quantitative estimate of drug-likeness (QED) is 0.723. The van der Waals surface area contributed by atoms with E-state index < -0.39 is 0 Å². The highest BCUT2D eigenvalue weighted by molar-refractivity contribution is 5.99. The van der Waals surface area contributed by atoms with E-state index in [9.17, 15) is 4.79 Å². The molecule has 1 heterocycles.